The molecule has 0 unspecified atom stereocenters. The predicted octanol–water partition coefficient (Wildman–Crippen LogP) is 1.46. The molecule has 3 nitrogen and oxygen atoms in total. The summed E-state index contributed by atoms with van der Waals surface area (Å²) in [5, 5.41) is 0. The van der Waals surface area contributed by atoms with Crippen LogP contribution >= 0.6 is 0 Å². The Morgan fingerprint density at radius 3 is 2.50 bits per heavy atom. The zero-order valence-corrected chi connectivity index (χ0v) is 6.55. The fraction of sp³-hybridized carbons (Fsp3) is 0.429. The predicted molar refractivity (Wildman–Crippen MR) is 39.5 cm³/mol. The maximum atomic E-state index is 10.5. The summed E-state index contributed by atoms with van der Waals surface area (Å²) in [5.41, 5.74) is 0.388. The molecule has 0 spiro atoms. The van der Waals surface area contributed by atoms with E-state index in [1.54, 1.807) is 20.1 Å². The molecule has 0 aromatic heterocycles. The maximum Gasteiger partial charge on any atom is 0.251 e. The molecule has 0 radical (unpaired) electrons. The molecule has 10 heavy (non-hydrogen) atoms. The maximum absolute atomic E-state index is 10.5. The molecule has 0 fully saturated rings. The molecular weight excluding hydrogens is 130 g/mol. The van der Waals surface area contributed by atoms with Crippen molar-refractivity contribution in [1.29, 1.82) is 0 Å². The number of methoxy groups -OCH3 is 1. The quantitative estimate of drug-likeness (QED) is 0.339. The van der Waals surface area contributed by atoms with Crippen molar-refractivity contribution in [3.63, 3.8) is 0 Å². The fourth-order valence-electron chi connectivity index (χ4n) is 0.384. The first-order valence-corrected chi connectivity index (χ1v) is 2.90. The van der Waals surface area contributed by atoms with Gasteiger partial charge < -0.3 is 4.74 Å². The first-order chi connectivity index (χ1) is 4.57. The number of hydrogen-bond acceptors (Lipinski definition) is 2. The van der Waals surface area contributed by atoms with Crippen LogP contribution in [-0.2, 0) is 4.74 Å². The van der Waals surface area contributed by atoms with Crippen LogP contribution < -0.4 is 0 Å². The molecule has 0 aromatic carbocycles. The van der Waals surface area contributed by atoms with E-state index < -0.39 is 0 Å². The van der Waals surface area contributed by atoms with Gasteiger partial charge in [-0.15, -0.1) is 0 Å². The largest absolute Gasteiger partial charge is 0.501 e. The van der Waals surface area contributed by atoms with E-state index in [1.165, 1.54) is 7.05 Å². The van der Waals surface area contributed by atoms with E-state index in [2.05, 4.69) is 6.58 Å². The van der Waals surface area contributed by atoms with E-state index in [-0.39, 0.29) is 0 Å². The van der Waals surface area contributed by atoms with Gasteiger partial charge in [-0.3, -0.25) is 0 Å². The van der Waals surface area contributed by atoms with Gasteiger partial charge in [-0.2, -0.15) is 0 Å². The van der Waals surface area contributed by atoms with E-state index in [1.807, 2.05) is 0 Å². The number of allylic oxidation sites excluding steroid dienone is 2. The first kappa shape index (κ1) is 8.88. The summed E-state index contributed by atoms with van der Waals surface area (Å²) in [4.78, 5) is 10.5. The monoisotopic (exact) mass is 142 g/mol. The van der Waals surface area contributed by atoms with Crippen molar-refractivity contribution >= 4 is 0 Å². The molecule has 0 aliphatic heterocycles. The Kier molecular flexibility index (Phi) is 3.39. The van der Waals surface area contributed by atoms with Crippen molar-refractivity contribution in [1.82, 2.24) is 0 Å². The Labute approximate surface area is 60.6 Å². The van der Waals surface area contributed by atoms with E-state index in [4.69, 9.17) is 4.74 Å². The average molecular weight is 142 g/mol. The number of rotatable bonds is 3. The molecule has 3 heteroatoms. The van der Waals surface area contributed by atoms with Crippen molar-refractivity contribution in [3.05, 3.63) is 29.0 Å². The van der Waals surface area contributed by atoms with Crippen molar-refractivity contribution in [2.24, 2.45) is 0 Å². The molecule has 0 amide bonds. The van der Waals surface area contributed by atoms with Crippen LogP contribution in [-0.4, -0.2) is 18.9 Å². The molecule has 0 aliphatic carbocycles. The lowest BCUT2D eigenvalue weighted by Gasteiger charge is -1.94. The van der Waals surface area contributed by atoms with Crippen LogP contribution in [0.2, 0.25) is 0 Å². The van der Waals surface area contributed by atoms with Crippen LogP contribution in [0.3, 0.4) is 0 Å². The molecule has 0 aliphatic rings. The van der Waals surface area contributed by atoms with Gasteiger partial charge >= 0.3 is 0 Å². The smallest absolute Gasteiger partial charge is 0.251 e. The Hall–Kier alpha value is -1.12. The molecule has 0 aromatic rings. The Morgan fingerprint density at radius 1 is 1.70 bits per heavy atom. The minimum atomic E-state index is 0.388. The minimum Gasteiger partial charge on any atom is -0.501 e. The Balaban J connectivity index is 4.13. The fourth-order valence-corrected chi connectivity index (χ4v) is 0.384. The highest BCUT2D eigenvalue weighted by Crippen LogP contribution is 1.99. The third kappa shape index (κ3) is 3.02. The summed E-state index contributed by atoms with van der Waals surface area (Å²) in [7, 11) is 2.94. The molecule has 0 saturated heterocycles. The lowest BCUT2D eigenvalue weighted by atomic mass is 10.4. The highest BCUT2D eigenvalue weighted by atomic mass is 16.5. The van der Waals surface area contributed by atoms with Gasteiger partial charge in [-0.1, -0.05) is 0 Å². The van der Waals surface area contributed by atoms with E-state index >= 15 is 0 Å². The zero-order valence-electron chi connectivity index (χ0n) is 6.55. The van der Waals surface area contributed by atoms with Gasteiger partial charge in [0.05, 0.1) is 18.9 Å². The highest BCUT2D eigenvalue weighted by molar-refractivity contribution is 5.08. The molecular formula is C7H12NO2+. The van der Waals surface area contributed by atoms with Gasteiger partial charge in [0.25, 0.3) is 5.70 Å². The second-order valence-electron chi connectivity index (χ2n) is 1.95. The number of ether oxygens (including phenoxy) is 1. The van der Waals surface area contributed by atoms with Gasteiger partial charge in [0.15, 0.2) is 7.05 Å². The second-order valence-corrected chi connectivity index (χ2v) is 1.95. The molecule has 0 bridgehead atoms. The van der Waals surface area contributed by atoms with Crippen molar-refractivity contribution in [3.8, 4) is 0 Å². The summed E-state index contributed by atoms with van der Waals surface area (Å²) < 4.78 is 5.49. The van der Waals surface area contributed by atoms with Gasteiger partial charge in [-0.25, -0.2) is 0 Å². The lowest BCUT2D eigenvalue weighted by molar-refractivity contribution is -0.460. The SMILES string of the molecule is C=C(C=C(C)OC)[N+](C)=O. The summed E-state index contributed by atoms with van der Waals surface area (Å²) in [6.45, 7) is 5.26. The van der Waals surface area contributed by atoms with Crippen LogP contribution in [0.25, 0.3) is 0 Å². The standard InChI is InChI=1S/C7H12NO2/c1-6(8(3)9)5-7(2)10-4/h5H,1H2,2-4H3/q+1. The number of nitrogens with zero attached hydrogens (tertiary/aromatic N) is 1. The summed E-state index contributed by atoms with van der Waals surface area (Å²) in [6, 6.07) is 0. The van der Waals surface area contributed by atoms with Crippen LogP contribution in [0.5, 0.6) is 0 Å². The molecule has 0 saturated carbocycles. The highest BCUT2D eigenvalue weighted by Gasteiger charge is 2.03. The van der Waals surface area contributed by atoms with Crippen LogP contribution in [0.15, 0.2) is 24.1 Å². The first-order valence-electron chi connectivity index (χ1n) is 2.90. The molecule has 0 heterocycles. The van der Waals surface area contributed by atoms with Gasteiger partial charge in [-0.05, 0) is 13.5 Å². The number of nitroso groups, excluding NO2 is 1. The van der Waals surface area contributed by atoms with Crippen LogP contribution in [0.1, 0.15) is 6.92 Å². The molecule has 0 N–H and O–H groups in total. The van der Waals surface area contributed by atoms with Crippen LogP contribution in [0.4, 0.5) is 0 Å². The average Bonchev–Trinajstić information content (AvgIpc) is 1.87. The molecule has 56 valence electrons. The lowest BCUT2D eigenvalue weighted by Crippen LogP contribution is -1.96. The third-order valence-corrected chi connectivity index (χ3v) is 1.10. The summed E-state index contributed by atoms with van der Waals surface area (Å²) in [6.07, 6.45) is 1.58. The topological polar surface area (TPSA) is 29.3 Å². The van der Waals surface area contributed by atoms with E-state index in [0.29, 0.717) is 16.2 Å². The van der Waals surface area contributed by atoms with Gasteiger partial charge in [0, 0.05) is 9.67 Å². The molecule has 0 rings (SSSR count). The number of hydrogen-bond donors (Lipinski definition) is 0. The molecule has 0 atom stereocenters. The normalized spacial score (nSPS) is 10.9. The Morgan fingerprint density at radius 2 is 2.20 bits per heavy atom. The van der Waals surface area contributed by atoms with Gasteiger partial charge in [0.1, 0.15) is 0 Å². The van der Waals surface area contributed by atoms with E-state index in [0.717, 1.165) is 0 Å². The number of likely N-dealkylation sites (N-methyl/N-ethyl adjacent to an activating group) is 1. The second kappa shape index (κ2) is 3.82. The van der Waals surface area contributed by atoms with Crippen LogP contribution in [0, 0.1) is 4.91 Å². The summed E-state index contributed by atoms with van der Waals surface area (Å²) in [5.74, 6) is 0.674. The van der Waals surface area contributed by atoms with Crippen molar-refractivity contribution in [2.75, 3.05) is 14.2 Å². The van der Waals surface area contributed by atoms with Crippen molar-refractivity contribution in [2.45, 2.75) is 6.92 Å². The third-order valence-electron chi connectivity index (χ3n) is 1.10. The van der Waals surface area contributed by atoms with Gasteiger partial charge in [0.2, 0.25) is 0 Å². The van der Waals surface area contributed by atoms with Crippen molar-refractivity contribution < 1.29 is 9.50 Å². The summed E-state index contributed by atoms with van der Waals surface area (Å²) >= 11 is 0. The minimum absolute atomic E-state index is 0.388. The Bertz CT molecular complexity index is 182. The van der Waals surface area contributed by atoms with E-state index in [9.17, 15) is 4.91 Å². The zero-order chi connectivity index (χ0) is 8.15.